The Hall–Kier alpha value is -3.68. The molecular weight excluding hydrogens is 480 g/mol. The van der Waals surface area contributed by atoms with Gasteiger partial charge in [-0.25, -0.2) is 4.79 Å². The van der Waals surface area contributed by atoms with Crippen LogP contribution >= 0.6 is 0 Å². The van der Waals surface area contributed by atoms with E-state index < -0.39 is 5.54 Å². The van der Waals surface area contributed by atoms with Crippen molar-refractivity contribution in [2.45, 2.75) is 44.7 Å². The van der Waals surface area contributed by atoms with Crippen LogP contribution in [0.25, 0.3) is 0 Å². The average Bonchev–Trinajstić information content (AvgIpc) is 3.03. The smallest absolute Gasteiger partial charge is 0.325 e. The summed E-state index contributed by atoms with van der Waals surface area (Å²) in [6, 6.07) is 11.7. The number of piperidine rings is 1. The molecule has 2 fully saturated rings. The van der Waals surface area contributed by atoms with E-state index in [0.29, 0.717) is 44.6 Å². The van der Waals surface area contributed by atoms with Gasteiger partial charge in [0.1, 0.15) is 11.5 Å². The summed E-state index contributed by atoms with van der Waals surface area (Å²) in [6.45, 7) is 6.48. The molecule has 3 aliphatic heterocycles. The zero-order valence-electron chi connectivity index (χ0n) is 23.3. The Morgan fingerprint density at radius 1 is 1.11 bits per heavy atom. The number of likely N-dealkylation sites (tertiary alicyclic amines) is 1. The second kappa shape index (κ2) is 9.89. The van der Waals surface area contributed by atoms with E-state index in [4.69, 9.17) is 9.47 Å². The summed E-state index contributed by atoms with van der Waals surface area (Å²) < 4.78 is 11.3. The van der Waals surface area contributed by atoms with Crippen LogP contribution in [0.1, 0.15) is 54.1 Å². The summed E-state index contributed by atoms with van der Waals surface area (Å²) in [6.07, 6.45) is 3.65. The van der Waals surface area contributed by atoms with Gasteiger partial charge in [0.2, 0.25) is 0 Å². The molecule has 2 saturated heterocycles. The molecule has 0 bridgehead atoms. The fourth-order valence-electron chi connectivity index (χ4n) is 6.44. The third-order valence-electron chi connectivity index (χ3n) is 8.40. The number of hydrogen-bond donors (Lipinski definition) is 0. The van der Waals surface area contributed by atoms with Crippen molar-refractivity contribution in [2.24, 2.45) is 0 Å². The predicted octanol–water partition coefficient (Wildman–Crippen LogP) is 4.70. The van der Waals surface area contributed by atoms with E-state index >= 15 is 0 Å². The van der Waals surface area contributed by atoms with Crippen molar-refractivity contribution in [3.05, 3.63) is 64.9 Å². The molecule has 3 amide bonds. The number of allylic oxidation sites excluding steroid dienone is 1. The normalized spacial score (nSPS) is 20.1. The first-order valence-corrected chi connectivity index (χ1v) is 13.4. The van der Waals surface area contributed by atoms with Gasteiger partial charge in [0.05, 0.1) is 26.3 Å². The van der Waals surface area contributed by atoms with Gasteiger partial charge in [-0.1, -0.05) is 19.1 Å². The number of fused-ring (bicyclic) bond motifs is 3. The van der Waals surface area contributed by atoms with Crippen molar-refractivity contribution in [3.63, 3.8) is 0 Å². The fourth-order valence-corrected chi connectivity index (χ4v) is 6.44. The summed E-state index contributed by atoms with van der Waals surface area (Å²) >= 11 is 0. The van der Waals surface area contributed by atoms with Crippen LogP contribution in [0.15, 0.2) is 48.2 Å². The van der Waals surface area contributed by atoms with Crippen LogP contribution in [0, 0.1) is 0 Å². The van der Waals surface area contributed by atoms with Crippen LogP contribution in [-0.2, 0) is 6.54 Å². The number of rotatable bonds is 5. The Balaban J connectivity index is 1.46. The maximum atomic E-state index is 13.8. The molecule has 2 aromatic rings. The first-order chi connectivity index (χ1) is 18.2. The molecule has 8 nitrogen and oxygen atoms in total. The number of carbonyl (C=O) groups is 2. The molecule has 38 heavy (non-hydrogen) atoms. The molecule has 0 aromatic heterocycles. The van der Waals surface area contributed by atoms with Crippen LogP contribution in [0.4, 0.5) is 10.5 Å². The lowest BCUT2D eigenvalue weighted by Gasteiger charge is -2.44. The van der Waals surface area contributed by atoms with Crippen molar-refractivity contribution in [3.8, 4) is 11.5 Å². The van der Waals surface area contributed by atoms with Crippen LogP contribution in [0.2, 0.25) is 0 Å². The molecule has 202 valence electrons. The number of anilines is 1. The molecule has 5 rings (SSSR count). The van der Waals surface area contributed by atoms with Gasteiger partial charge >= 0.3 is 6.03 Å². The van der Waals surface area contributed by atoms with Crippen molar-refractivity contribution >= 4 is 17.6 Å². The lowest BCUT2D eigenvalue weighted by atomic mass is 9.82. The minimum absolute atomic E-state index is 0.0269. The maximum absolute atomic E-state index is 13.8. The van der Waals surface area contributed by atoms with Gasteiger partial charge in [-0.2, -0.15) is 0 Å². The van der Waals surface area contributed by atoms with E-state index in [1.54, 1.807) is 14.2 Å². The standard InChI is InChI=1S/C30H38N4O4/c1-7-34-29(36)33-19-22-17-24(37-5)18-25(38-6)27(22)20(2)15-26(33)30(34)11-13-32(14-12-30)28(35)21-9-8-10-23(16-21)31(3)4/h8-10,15-18,20H,7,11-14,19H2,1-6H3. The van der Waals surface area contributed by atoms with E-state index in [1.165, 1.54) is 0 Å². The number of nitrogens with zero attached hydrogens (tertiary/aromatic N) is 4. The maximum Gasteiger partial charge on any atom is 0.325 e. The number of carbonyl (C=O) groups excluding carboxylic acids is 2. The third-order valence-corrected chi connectivity index (χ3v) is 8.40. The zero-order chi connectivity index (χ0) is 27.2. The van der Waals surface area contributed by atoms with Crippen LogP contribution < -0.4 is 14.4 Å². The molecule has 8 heteroatoms. The Bertz CT molecular complexity index is 1280. The van der Waals surface area contributed by atoms with Crippen LogP contribution in [0.3, 0.4) is 0 Å². The van der Waals surface area contributed by atoms with E-state index in [-0.39, 0.29) is 17.9 Å². The summed E-state index contributed by atoms with van der Waals surface area (Å²) in [4.78, 5) is 35.1. The molecule has 0 aliphatic carbocycles. The van der Waals surface area contributed by atoms with Gasteiger partial charge in [0.25, 0.3) is 5.91 Å². The molecule has 3 aliphatic rings. The second-order valence-corrected chi connectivity index (χ2v) is 10.6. The minimum Gasteiger partial charge on any atom is -0.497 e. The van der Waals surface area contributed by atoms with Crippen molar-refractivity contribution in [2.75, 3.05) is 52.8 Å². The number of urea groups is 1. The molecule has 0 radical (unpaired) electrons. The Labute approximate surface area is 225 Å². The van der Waals surface area contributed by atoms with Crippen molar-refractivity contribution in [1.29, 1.82) is 0 Å². The zero-order valence-corrected chi connectivity index (χ0v) is 23.3. The first kappa shape index (κ1) is 25.9. The molecule has 0 saturated carbocycles. The molecular formula is C30H38N4O4. The van der Waals surface area contributed by atoms with E-state index in [2.05, 4.69) is 13.0 Å². The molecule has 2 aromatic carbocycles. The van der Waals surface area contributed by atoms with Gasteiger partial charge in [-0.15, -0.1) is 0 Å². The van der Waals surface area contributed by atoms with Crippen LogP contribution in [-0.4, -0.2) is 80.1 Å². The summed E-state index contributed by atoms with van der Waals surface area (Å²) in [5, 5.41) is 0. The number of likely N-dealkylation sites (N-methyl/N-ethyl adjacent to an activating group) is 1. The highest BCUT2D eigenvalue weighted by Crippen LogP contribution is 2.49. The van der Waals surface area contributed by atoms with Gasteiger partial charge in [-0.3, -0.25) is 9.69 Å². The number of amides is 3. The highest BCUT2D eigenvalue weighted by atomic mass is 16.5. The topological polar surface area (TPSA) is 65.6 Å². The Kier molecular flexibility index (Phi) is 6.75. The van der Waals surface area contributed by atoms with Gasteiger partial charge < -0.3 is 24.2 Å². The minimum atomic E-state index is -0.429. The van der Waals surface area contributed by atoms with E-state index in [1.807, 2.05) is 77.0 Å². The van der Waals surface area contributed by atoms with Crippen molar-refractivity contribution in [1.82, 2.24) is 14.7 Å². The average molecular weight is 519 g/mol. The predicted molar refractivity (Wildman–Crippen MR) is 148 cm³/mol. The monoisotopic (exact) mass is 518 g/mol. The molecule has 1 unspecified atom stereocenters. The lowest BCUT2D eigenvalue weighted by Crippen LogP contribution is -2.54. The molecule has 1 atom stereocenters. The number of benzene rings is 2. The van der Waals surface area contributed by atoms with Gasteiger partial charge in [0.15, 0.2) is 0 Å². The lowest BCUT2D eigenvalue weighted by molar-refractivity contribution is 0.0575. The number of methoxy groups -OCH3 is 2. The van der Waals surface area contributed by atoms with Gasteiger partial charge in [0, 0.05) is 68.2 Å². The third kappa shape index (κ3) is 4.06. The Morgan fingerprint density at radius 2 is 1.84 bits per heavy atom. The number of hydrogen-bond acceptors (Lipinski definition) is 5. The fraction of sp³-hybridized carbons (Fsp3) is 0.467. The highest BCUT2D eigenvalue weighted by molar-refractivity contribution is 5.95. The SMILES string of the molecule is CCN1C(=O)N2Cc3cc(OC)cc(OC)c3C(C)C=C2C12CCN(C(=O)c1cccc(N(C)C)c1)CC2. The van der Waals surface area contributed by atoms with Gasteiger partial charge in [-0.05, 0) is 49.6 Å². The summed E-state index contributed by atoms with van der Waals surface area (Å²) in [7, 11) is 7.27. The number of ether oxygens (including phenoxy) is 2. The molecule has 0 N–H and O–H groups in total. The largest absolute Gasteiger partial charge is 0.497 e. The summed E-state index contributed by atoms with van der Waals surface area (Å²) in [5.41, 5.74) is 4.45. The Morgan fingerprint density at radius 3 is 2.47 bits per heavy atom. The summed E-state index contributed by atoms with van der Waals surface area (Å²) in [5.74, 6) is 1.59. The first-order valence-electron chi connectivity index (χ1n) is 13.4. The van der Waals surface area contributed by atoms with Crippen molar-refractivity contribution < 1.29 is 19.1 Å². The highest BCUT2D eigenvalue weighted by Gasteiger charge is 2.55. The molecule has 3 heterocycles. The molecule has 1 spiro atoms. The second-order valence-electron chi connectivity index (χ2n) is 10.6. The van der Waals surface area contributed by atoms with E-state index in [0.717, 1.165) is 34.0 Å². The quantitative estimate of drug-likeness (QED) is 0.574. The van der Waals surface area contributed by atoms with Crippen LogP contribution in [0.5, 0.6) is 11.5 Å². The van der Waals surface area contributed by atoms with E-state index in [9.17, 15) is 9.59 Å².